The Hall–Kier alpha value is -2.82. The average molecular weight is 323 g/mol. The highest BCUT2D eigenvalue weighted by Crippen LogP contribution is 2.32. The van der Waals surface area contributed by atoms with Gasteiger partial charge in [-0.1, -0.05) is 48.5 Å². The monoisotopic (exact) mass is 323 g/mol. The first-order valence-corrected chi connectivity index (χ1v) is 8.17. The molecule has 2 aromatic rings. The van der Waals surface area contributed by atoms with E-state index >= 15 is 0 Å². The molecule has 124 valence electrons. The number of carbonyl (C=O) groups excluding carboxylic acids is 2. The minimum atomic E-state index is -0.502. The molecule has 0 radical (unpaired) electrons. The van der Waals surface area contributed by atoms with Gasteiger partial charge in [0.25, 0.3) is 0 Å². The van der Waals surface area contributed by atoms with E-state index in [0.29, 0.717) is 19.5 Å². The Balaban J connectivity index is 1.78. The van der Waals surface area contributed by atoms with Crippen molar-refractivity contribution >= 4 is 17.6 Å². The number of rotatable bonds is 4. The molecule has 3 rings (SSSR count). The predicted octanol–water partition coefficient (Wildman–Crippen LogP) is 2.46. The molecule has 1 aliphatic heterocycles. The van der Waals surface area contributed by atoms with Crippen molar-refractivity contribution in [1.29, 1.82) is 0 Å². The molecule has 0 spiro atoms. The molecule has 0 fully saturated rings. The molecule has 5 heteroatoms. The number of likely N-dealkylation sites (N-methyl/N-ethyl adjacent to an activating group) is 1. The number of hydrogen-bond acceptors (Lipinski definition) is 2. The molecule has 0 bridgehead atoms. The molecule has 2 N–H and O–H groups in total. The molecule has 0 aliphatic carbocycles. The van der Waals surface area contributed by atoms with Crippen molar-refractivity contribution in [1.82, 2.24) is 10.6 Å². The fraction of sp³-hybridized carbons (Fsp3) is 0.263. The van der Waals surface area contributed by atoms with Crippen molar-refractivity contribution in [2.24, 2.45) is 0 Å². The fourth-order valence-corrected chi connectivity index (χ4v) is 3.00. The molecule has 0 saturated carbocycles. The van der Waals surface area contributed by atoms with E-state index in [2.05, 4.69) is 10.6 Å². The lowest BCUT2D eigenvalue weighted by molar-refractivity contribution is -0.122. The van der Waals surface area contributed by atoms with Crippen LogP contribution in [-0.4, -0.2) is 24.5 Å². The quantitative estimate of drug-likeness (QED) is 0.908. The molecule has 5 nitrogen and oxygen atoms in total. The predicted molar refractivity (Wildman–Crippen MR) is 93.8 cm³/mol. The first-order valence-electron chi connectivity index (χ1n) is 8.17. The fourth-order valence-electron chi connectivity index (χ4n) is 3.00. The van der Waals surface area contributed by atoms with Crippen LogP contribution < -0.4 is 15.5 Å². The zero-order valence-electron chi connectivity index (χ0n) is 13.7. The van der Waals surface area contributed by atoms with E-state index < -0.39 is 6.04 Å². The van der Waals surface area contributed by atoms with Crippen molar-refractivity contribution in [2.75, 3.05) is 11.4 Å². The lowest BCUT2D eigenvalue weighted by Gasteiger charge is -2.25. The number of fused-ring (bicyclic) bond motifs is 1. The van der Waals surface area contributed by atoms with Gasteiger partial charge in [-0.2, -0.15) is 0 Å². The number of anilines is 1. The van der Waals surface area contributed by atoms with Gasteiger partial charge >= 0.3 is 6.03 Å². The third-order valence-corrected chi connectivity index (χ3v) is 4.14. The topological polar surface area (TPSA) is 61.4 Å². The summed E-state index contributed by atoms with van der Waals surface area (Å²) in [5.41, 5.74) is 2.84. The summed E-state index contributed by atoms with van der Waals surface area (Å²) < 4.78 is 0. The number of benzene rings is 2. The maximum absolute atomic E-state index is 12.7. The van der Waals surface area contributed by atoms with Crippen molar-refractivity contribution in [2.45, 2.75) is 25.9 Å². The lowest BCUT2D eigenvalue weighted by atomic mass is 10.1. The van der Waals surface area contributed by atoms with E-state index in [4.69, 9.17) is 0 Å². The molecule has 1 atom stereocenters. The van der Waals surface area contributed by atoms with E-state index in [1.54, 1.807) is 4.90 Å². The summed E-state index contributed by atoms with van der Waals surface area (Å²) in [5.74, 6) is -0.122. The Kier molecular flexibility index (Phi) is 4.79. The summed E-state index contributed by atoms with van der Waals surface area (Å²) in [7, 11) is 0. The Labute approximate surface area is 141 Å². The number of carbonyl (C=O) groups is 2. The number of para-hydroxylation sites is 1. The molecule has 24 heavy (non-hydrogen) atoms. The summed E-state index contributed by atoms with van der Waals surface area (Å²) in [6.45, 7) is 2.85. The lowest BCUT2D eigenvalue weighted by Crippen LogP contribution is -2.51. The highest BCUT2D eigenvalue weighted by Gasteiger charge is 2.37. The van der Waals surface area contributed by atoms with Crippen LogP contribution in [0.25, 0.3) is 0 Å². The number of nitrogens with zero attached hydrogens (tertiary/aromatic N) is 1. The molecule has 1 heterocycles. The van der Waals surface area contributed by atoms with Gasteiger partial charge in [-0.05, 0) is 24.1 Å². The highest BCUT2D eigenvalue weighted by atomic mass is 16.2. The van der Waals surface area contributed by atoms with Crippen molar-refractivity contribution in [3.63, 3.8) is 0 Å². The first-order chi connectivity index (χ1) is 11.7. The third kappa shape index (κ3) is 3.25. The second-order valence-electron chi connectivity index (χ2n) is 5.76. The van der Waals surface area contributed by atoms with Crippen LogP contribution >= 0.6 is 0 Å². The van der Waals surface area contributed by atoms with Crippen molar-refractivity contribution in [3.8, 4) is 0 Å². The Morgan fingerprint density at radius 3 is 2.50 bits per heavy atom. The van der Waals surface area contributed by atoms with Crippen LogP contribution in [0, 0.1) is 0 Å². The Morgan fingerprint density at radius 1 is 1.04 bits per heavy atom. The zero-order chi connectivity index (χ0) is 16.9. The summed E-state index contributed by atoms with van der Waals surface area (Å²) in [5, 5.41) is 5.74. The first kappa shape index (κ1) is 16.1. The largest absolute Gasteiger partial charge is 0.355 e. The summed E-state index contributed by atoms with van der Waals surface area (Å²) in [4.78, 5) is 26.7. The van der Waals surface area contributed by atoms with Gasteiger partial charge in [0, 0.05) is 25.2 Å². The molecular weight excluding hydrogens is 302 g/mol. The van der Waals surface area contributed by atoms with Gasteiger partial charge in [-0.25, -0.2) is 4.79 Å². The Bertz CT molecular complexity index is 730. The molecule has 1 aliphatic rings. The van der Waals surface area contributed by atoms with Gasteiger partial charge < -0.3 is 10.6 Å². The minimum Gasteiger partial charge on any atom is -0.355 e. The number of urea groups is 1. The molecule has 2 aromatic carbocycles. The zero-order valence-corrected chi connectivity index (χ0v) is 13.7. The van der Waals surface area contributed by atoms with E-state index in [1.807, 2.05) is 61.5 Å². The highest BCUT2D eigenvalue weighted by molar-refractivity contribution is 6.02. The third-order valence-electron chi connectivity index (χ3n) is 4.14. The van der Waals surface area contributed by atoms with E-state index in [9.17, 15) is 9.59 Å². The minimum absolute atomic E-state index is 0.122. The van der Waals surface area contributed by atoms with Crippen molar-refractivity contribution in [3.05, 3.63) is 65.7 Å². The van der Waals surface area contributed by atoms with Gasteiger partial charge in [0.15, 0.2) is 0 Å². The maximum Gasteiger partial charge on any atom is 0.322 e. The number of amides is 3. The van der Waals surface area contributed by atoms with Crippen LogP contribution in [0.4, 0.5) is 10.5 Å². The second kappa shape index (κ2) is 7.17. The van der Waals surface area contributed by atoms with E-state index in [1.165, 1.54) is 0 Å². The maximum atomic E-state index is 12.7. The average Bonchev–Trinajstić information content (AvgIpc) is 3.00. The number of nitrogens with one attached hydrogen (secondary N) is 2. The Morgan fingerprint density at radius 2 is 1.75 bits per heavy atom. The standard InChI is InChI=1S/C19H21N3O2/c1-2-20-18(23)17-12-15-10-6-7-11-16(15)22(17)19(24)21-13-14-8-4-3-5-9-14/h3-11,17H,2,12-13H2,1H3,(H,20,23)(H,21,24). The normalized spacial score (nSPS) is 15.7. The summed E-state index contributed by atoms with van der Waals surface area (Å²) >= 11 is 0. The van der Waals surface area contributed by atoms with E-state index in [-0.39, 0.29) is 11.9 Å². The molecule has 1 unspecified atom stereocenters. The molecule has 0 aromatic heterocycles. The van der Waals surface area contributed by atoms with Gasteiger partial charge in [-0.3, -0.25) is 9.69 Å². The van der Waals surface area contributed by atoms with Gasteiger partial charge in [0.05, 0.1) is 0 Å². The molecule has 0 saturated heterocycles. The van der Waals surface area contributed by atoms with Gasteiger partial charge in [-0.15, -0.1) is 0 Å². The summed E-state index contributed by atoms with van der Waals surface area (Å²) in [6, 6.07) is 16.6. The van der Waals surface area contributed by atoms with Crippen LogP contribution in [0.1, 0.15) is 18.1 Å². The summed E-state index contributed by atoms with van der Waals surface area (Å²) in [6.07, 6.45) is 0.542. The molecular formula is C19H21N3O2. The molecule has 3 amide bonds. The van der Waals surface area contributed by atoms with Crippen LogP contribution in [0.3, 0.4) is 0 Å². The van der Waals surface area contributed by atoms with Crippen LogP contribution in [0.5, 0.6) is 0 Å². The van der Waals surface area contributed by atoms with Gasteiger partial charge in [0.1, 0.15) is 6.04 Å². The number of hydrogen-bond donors (Lipinski definition) is 2. The second-order valence-corrected chi connectivity index (χ2v) is 5.76. The van der Waals surface area contributed by atoms with Crippen LogP contribution in [-0.2, 0) is 17.8 Å². The smallest absolute Gasteiger partial charge is 0.322 e. The SMILES string of the molecule is CCNC(=O)C1Cc2ccccc2N1C(=O)NCc1ccccc1. The van der Waals surface area contributed by atoms with E-state index in [0.717, 1.165) is 16.8 Å². The van der Waals surface area contributed by atoms with Crippen LogP contribution in [0.2, 0.25) is 0 Å². The van der Waals surface area contributed by atoms with Crippen molar-refractivity contribution < 1.29 is 9.59 Å². The van der Waals surface area contributed by atoms with Crippen LogP contribution in [0.15, 0.2) is 54.6 Å². The van der Waals surface area contributed by atoms with Gasteiger partial charge in [0.2, 0.25) is 5.91 Å².